The van der Waals surface area contributed by atoms with Crippen molar-refractivity contribution in [3.8, 4) is 0 Å². The lowest BCUT2D eigenvalue weighted by atomic mass is 10.4. The molecule has 3 N–H and O–H groups in total. The summed E-state index contributed by atoms with van der Waals surface area (Å²) < 4.78 is 26.7. The van der Waals surface area contributed by atoms with Crippen molar-refractivity contribution in [3.05, 3.63) is 29.3 Å². The molecule has 0 amide bonds. The van der Waals surface area contributed by atoms with Crippen LogP contribution < -0.4 is 15.4 Å². The van der Waals surface area contributed by atoms with Gasteiger partial charge in [-0.2, -0.15) is 0 Å². The number of halogens is 2. The minimum absolute atomic E-state index is 0. The third kappa shape index (κ3) is 7.23. The first-order chi connectivity index (χ1) is 10.5. The average molecular weight is 473 g/mol. The van der Waals surface area contributed by atoms with Crippen LogP contribution in [0.15, 0.2) is 34.2 Å². The van der Waals surface area contributed by atoms with Crippen molar-refractivity contribution >= 4 is 51.6 Å². The molecule has 1 aliphatic carbocycles. The highest BCUT2D eigenvalue weighted by Crippen LogP contribution is 2.27. The van der Waals surface area contributed by atoms with Gasteiger partial charge in [0.15, 0.2) is 5.96 Å². The van der Waals surface area contributed by atoms with Gasteiger partial charge in [-0.1, -0.05) is 17.7 Å². The van der Waals surface area contributed by atoms with Crippen LogP contribution in [0.5, 0.6) is 0 Å². The fraction of sp³-hybridized carbons (Fsp3) is 0.500. The summed E-state index contributed by atoms with van der Waals surface area (Å²) >= 11 is 5.81. The number of hydrogen-bond acceptors (Lipinski definition) is 3. The van der Waals surface area contributed by atoms with E-state index < -0.39 is 10.0 Å². The van der Waals surface area contributed by atoms with Gasteiger partial charge in [-0.15, -0.1) is 24.0 Å². The van der Waals surface area contributed by atoms with E-state index in [9.17, 15) is 8.42 Å². The highest BCUT2D eigenvalue weighted by Gasteiger charge is 2.21. The smallest absolute Gasteiger partial charge is 0.240 e. The quantitative estimate of drug-likeness (QED) is 0.245. The van der Waals surface area contributed by atoms with Gasteiger partial charge in [0.25, 0.3) is 0 Å². The largest absolute Gasteiger partial charge is 0.356 e. The monoisotopic (exact) mass is 472 g/mol. The summed E-state index contributed by atoms with van der Waals surface area (Å²) in [6.07, 6.45) is 2.53. The van der Waals surface area contributed by atoms with Gasteiger partial charge in [-0.25, -0.2) is 13.1 Å². The van der Waals surface area contributed by atoms with Gasteiger partial charge in [-0.3, -0.25) is 4.99 Å². The summed E-state index contributed by atoms with van der Waals surface area (Å²) in [4.78, 5) is 4.25. The molecule has 6 nitrogen and oxygen atoms in total. The minimum Gasteiger partial charge on any atom is -0.356 e. The van der Waals surface area contributed by atoms with E-state index in [1.165, 1.54) is 25.0 Å². The molecule has 1 fully saturated rings. The summed E-state index contributed by atoms with van der Waals surface area (Å²) in [5.41, 5.74) is 0. The molecule has 0 unspecified atom stereocenters. The zero-order valence-electron chi connectivity index (χ0n) is 12.9. The van der Waals surface area contributed by atoms with E-state index in [-0.39, 0.29) is 35.4 Å². The van der Waals surface area contributed by atoms with Gasteiger partial charge >= 0.3 is 0 Å². The van der Waals surface area contributed by atoms with Crippen molar-refractivity contribution in [2.24, 2.45) is 10.9 Å². The Bertz CT molecular complexity index is 635. The number of rotatable bonds is 7. The first-order valence-electron chi connectivity index (χ1n) is 7.21. The van der Waals surface area contributed by atoms with Crippen LogP contribution in [0.1, 0.15) is 12.8 Å². The Morgan fingerprint density at radius 1 is 1.30 bits per heavy atom. The molecule has 2 rings (SSSR count). The molecule has 0 bridgehead atoms. The summed E-state index contributed by atoms with van der Waals surface area (Å²) in [6, 6.07) is 6.18. The van der Waals surface area contributed by atoms with E-state index in [4.69, 9.17) is 11.6 Å². The average Bonchev–Trinajstić information content (AvgIpc) is 3.31. The Labute approximate surface area is 159 Å². The lowest BCUT2D eigenvalue weighted by Crippen LogP contribution is -2.42. The van der Waals surface area contributed by atoms with Gasteiger partial charge in [0, 0.05) is 31.7 Å². The van der Waals surface area contributed by atoms with E-state index in [1.807, 2.05) is 0 Å². The van der Waals surface area contributed by atoms with Gasteiger partial charge in [0.05, 0.1) is 4.90 Å². The zero-order chi connectivity index (χ0) is 16.0. The van der Waals surface area contributed by atoms with Crippen molar-refractivity contribution in [1.29, 1.82) is 0 Å². The molecule has 9 heteroatoms. The van der Waals surface area contributed by atoms with E-state index in [0.717, 1.165) is 12.5 Å². The van der Waals surface area contributed by atoms with E-state index in [1.54, 1.807) is 19.2 Å². The van der Waals surface area contributed by atoms with Crippen LogP contribution in [-0.2, 0) is 10.0 Å². The predicted octanol–water partition coefficient (Wildman–Crippen LogP) is 1.81. The van der Waals surface area contributed by atoms with Crippen LogP contribution in [0, 0.1) is 5.92 Å². The van der Waals surface area contributed by atoms with Crippen molar-refractivity contribution in [2.45, 2.75) is 17.7 Å². The van der Waals surface area contributed by atoms with Crippen LogP contribution in [0.4, 0.5) is 0 Å². The third-order valence-corrected chi connectivity index (χ3v) is 4.99. The Morgan fingerprint density at radius 2 is 2.04 bits per heavy atom. The number of benzene rings is 1. The Balaban J connectivity index is 0.00000264. The van der Waals surface area contributed by atoms with Crippen LogP contribution in [0.3, 0.4) is 0 Å². The molecule has 0 spiro atoms. The minimum atomic E-state index is -3.54. The van der Waals surface area contributed by atoms with Crippen LogP contribution >= 0.6 is 35.6 Å². The molecule has 0 heterocycles. The number of guanidine groups is 1. The van der Waals surface area contributed by atoms with Crippen molar-refractivity contribution in [2.75, 3.05) is 26.7 Å². The van der Waals surface area contributed by atoms with E-state index in [2.05, 4.69) is 20.3 Å². The SMILES string of the molecule is CN=C(NCCNS(=O)(=O)c1cccc(Cl)c1)NCC1CC1.I. The lowest BCUT2D eigenvalue weighted by Gasteiger charge is -2.12. The Morgan fingerprint density at radius 3 is 2.65 bits per heavy atom. The number of hydrogen-bond donors (Lipinski definition) is 3. The Hall–Kier alpha value is -0.580. The summed E-state index contributed by atoms with van der Waals surface area (Å²) in [6.45, 7) is 1.62. The summed E-state index contributed by atoms with van der Waals surface area (Å²) in [7, 11) is -1.85. The molecule has 1 aromatic carbocycles. The van der Waals surface area contributed by atoms with Crippen molar-refractivity contribution in [3.63, 3.8) is 0 Å². The molecular formula is C14H22ClIN4O2S. The lowest BCUT2D eigenvalue weighted by molar-refractivity contribution is 0.580. The van der Waals surface area contributed by atoms with Crippen LogP contribution in [0.25, 0.3) is 0 Å². The molecule has 0 atom stereocenters. The summed E-state index contributed by atoms with van der Waals surface area (Å²) in [5, 5.41) is 6.68. The second-order valence-electron chi connectivity index (χ2n) is 5.18. The summed E-state index contributed by atoms with van der Waals surface area (Å²) in [5.74, 6) is 1.44. The number of aliphatic imine (C=N–C) groups is 1. The molecule has 1 aliphatic rings. The normalized spacial score (nSPS) is 15.0. The molecule has 0 radical (unpaired) electrons. The highest BCUT2D eigenvalue weighted by molar-refractivity contribution is 14.0. The first kappa shape index (κ1) is 20.5. The van der Waals surface area contributed by atoms with E-state index >= 15 is 0 Å². The molecular weight excluding hydrogens is 451 g/mol. The highest BCUT2D eigenvalue weighted by atomic mass is 127. The van der Waals surface area contributed by atoms with E-state index in [0.29, 0.717) is 17.5 Å². The second kappa shape index (κ2) is 9.65. The van der Waals surface area contributed by atoms with Crippen LogP contribution in [-0.4, -0.2) is 41.1 Å². The maximum absolute atomic E-state index is 12.1. The maximum Gasteiger partial charge on any atom is 0.240 e. The van der Waals surface area contributed by atoms with Crippen LogP contribution in [0.2, 0.25) is 5.02 Å². The number of sulfonamides is 1. The molecule has 23 heavy (non-hydrogen) atoms. The standard InChI is InChI=1S/C14H21ClN4O2S.HI/c1-16-14(18-10-11-5-6-11)17-7-8-19-22(20,21)13-4-2-3-12(15)9-13;/h2-4,9,11,19H,5-8,10H2,1H3,(H2,16,17,18);1H. The van der Waals surface area contributed by atoms with Gasteiger partial charge in [0.1, 0.15) is 0 Å². The Kier molecular flexibility index (Phi) is 8.59. The molecule has 130 valence electrons. The maximum atomic E-state index is 12.1. The van der Waals surface area contributed by atoms with Crippen molar-refractivity contribution in [1.82, 2.24) is 15.4 Å². The second-order valence-corrected chi connectivity index (χ2v) is 7.38. The predicted molar refractivity (Wildman–Crippen MR) is 104 cm³/mol. The first-order valence-corrected chi connectivity index (χ1v) is 9.07. The third-order valence-electron chi connectivity index (χ3n) is 3.29. The van der Waals surface area contributed by atoms with Gasteiger partial charge < -0.3 is 10.6 Å². The van der Waals surface area contributed by atoms with Gasteiger partial charge in [0.2, 0.25) is 10.0 Å². The molecule has 1 aromatic rings. The zero-order valence-corrected chi connectivity index (χ0v) is 16.8. The molecule has 0 aliphatic heterocycles. The molecule has 0 saturated heterocycles. The number of nitrogens with one attached hydrogen (secondary N) is 3. The fourth-order valence-electron chi connectivity index (χ4n) is 1.87. The van der Waals surface area contributed by atoms with Gasteiger partial charge in [-0.05, 0) is 37.0 Å². The molecule has 0 aromatic heterocycles. The van der Waals surface area contributed by atoms with Crippen molar-refractivity contribution < 1.29 is 8.42 Å². The topological polar surface area (TPSA) is 82.6 Å². The number of nitrogens with zero attached hydrogens (tertiary/aromatic N) is 1. The molecule has 1 saturated carbocycles. The fourth-order valence-corrected chi connectivity index (χ4v) is 3.20.